The van der Waals surface area contributed by atoms with Gasteiger partial charge in [-0.1, -0.05) is 13.8 Å². The number of benzene rings is 1. The topological polar surface area (TPSA) is 98.5 Å². The van der Waals surface area contributed by atoms with Gasteiger partial charge in [0.1, 0.15) is 6.04 Å². The van der Waals surface area contributed by atoms with Crippen LogP contribution in [-0.2, 0) is 19.6 Å². The standard InChI is InChI=1S/C12H17BrN2O4S/c1-7(2)11(12(16)19-3)15-20(17,18)8-4-5-9(13)10(14)6-8/h4-7,11,15H,14H2,1-3H3. The summed E-state index contributed by atoms with van der Waals surface area (Å²) in [7, 11) is -2.64. The number of nitrogens with two attached hydrogens (primary N) is 1. The molecule has 0 amide bonds. The summed E-state index contributed by atoms with van der Waals surface area (Å²) in [6.07, 6.45) is 0. The van der Waals surface area contributed by atoms with Crippen molar-refractivity contribution in [3.8, 4) is 0 Å². The van der Waals surface area contributed by atoms with Crippen molar-refractivity contribution in [2.24, 2.45) is 5.92 Å². The molecule has 1 rings (SSSR count). The Balaban J connectivity index is 3.09. The normalized spacial score (nSPS) is 13.2. The Labute approximate surface area is 126 Å². The number of ether oxygens (including phenoxy) is 1. The minimum atomic E-state index is -3.85. The van der Waals surface area contributed by atoms with Crippen LogP contribution in [0.3, 0.4) is 0 Å². The Kier molecular flexibility index (Phi) is 5.55. The summed E-state index contributed by atoms with van der Waals surface area (Å²) >= 11 is 3.19. The summed E-state index contributed by atoms with van der Waals surface area (Å²) in [6, 6.07) is 3.31. The van der Waals surface area contributed by atoms with Crippen LogP contribution in [0.5, 0.6) is 0 Å². The summed E-state index contributed by atoms with van der Waals surface area (Å²) in [5.74, 6) is -0.876. The molecule has 0 aromatic heterocycles. The van der Waals surface area contributed by atoms with E-state index in [4.69, 9.17) is 5.73 Å². The lowest BCUT2D eigenvalue weighted by molar-refractivity contribution is -0.143. The lowest BCUT2D eigenvalue weighted by Crippen LogP contribution is -2.44. The average molecular weight is 365 g/mol. The lowest BCUT2D eigenvalue weighted by Gasteiger charge is -2.19. The highest BCUT2D eigenvalue weighted by molar-refractivity contribution is 9.10. The van der Waals surface area contributed by atoms with Gasteiger partial charge in [0.15, 0.2) is 0 Å². The third-order valence-corrected chi connectivity index (χ3v) is 4.84. The number of carbonyl (C=O) groups excluding carboxylic acids is 1. The fourth-order valence-corrected chi connectivity index (χ4v) is 3.12. The number of anilines is 1. The molecule has 0 fully saturated rings. The molecule has 0 aliphatic rings. The van der Waals surface area contributed by atoms with Crippen LogP contribution >= 0.6 is 15.9 Å². The summed E-state index contributed by atoms with van der Waals surface area (Å²) < 4.78 is 32.0. The highest BCUT2D eigenvalue weighted by atomic mass is 79.9. The Morgan fingerprint density at radius 3 is 2.45 bits per heavy atom. The molecule has 1 aromatic rings. The predicted molar refractivity (Wildman–Crippen MR) is 79.5 cm³/mol. The van der Waals surface area contributed by atoms with E-state index in [1.165, 1.54) is 25.3 Å². The molecule has 0 spiro atoms. The number of methoxy groups -OCH3 is 1. The molecule has 0 radical (unpaired) electrons. The first-order valence-electron chi connectivity index (χ1n) is 5.84. The zero-order valence-corrected chi connectivity index (χ0v) is 13.8. The van der Waals surface area contributed by atoms with Gasteiger partial charge < -0.3 is 10.5 Å². The van der Waals surface area contributed by atoms with Crippen LogP contribution in [0.25, 0.3) is 0 Å². The Hall–Kier alpha value is -1.12. The van der Waals surface area contributed by atoms with Crippen molar-refractivity contribution in [1.82, 2.24) is 4.72 Å². The molecule has 1 aromatic carbocycles. The van der Waals surface area contributed by atoms with E-state index in [9.17, 15) is 13.2 Å². The number of nitrogen functional groups attached to an aromatic ring is 1. The maximum Gasteiger partial charge on any atom is 0.324 e. The second kappa shape index (κ2) is 6.55. The van der Waals surface area contributed by atoms with E-state index in [2.05, 4.69) is 25.4 Å². The van der Waals surface area contributed by atoms with Crippen molar-refractivity contribution >= 4 is 37.6 Å². The number of nitrogens with one attached hydrogen (secondary N) is 1. The molecule has 6 nitrogen and oxygen atoms in total. The number of halogens is 1. The van der Waals surface area contributed by atoms with Crippen LogP contribution in [0.4, 0.5) is 5.69 Å². The monoisotopic (exact) mass is 364 g/mol. The van der Waals surface area contributed by atoms with E-state index >= 15 is 0 Å². The molecule has 0 aliphatic carbocycles. The highest BCUT2D eigenvalue weighted by Gasteiger charge is 2.29. The molecular formula is C12H17BrN2O4S. The molecule has 0 bridgehead atoms. The van der Waals surface area contributed by atoms with E-state index in [1.54, 1.807) is 13.8 Å². The zero-order valence-electron chi connectivity index (χ0n) is 11.4. The number of rotatable bonds is 5. The largest absolute Gasteiger partial charge is 0.468 e. The number of carbonyl (C=O) groups is 1. The van der Waals surface area contributed by atoms with Gasteiger partial charge in [0.05, 0.1) is 12.0 Å². The van der Waals surface area contributed by atoms with Crippen LogP contribution < -0.4 is 10.5 Å². The molecule has 1 unspecified atom stereocenters. The van der Waals surface area contributed by atoms with Crippen molar-refractivity contribution < 1.29 is 17.9 Å². The van der Waals surface area contributed by atoms with Crippen LogP contribution in [-0.4, -0.2) is 27.5 Å². The molecule has 0 saturated carbocycles. The van der Waals surface area contributed by atoms with Crippen molar-refractivity contribution in [3.63, 3.8) is 0 Å². The van der Waals surface area contributed by atoms with Crippen LogP contribution in [0, 0.1) is 5.92 Å². The average Bonchev–Trinajstić information content (AvgIpc) is 2.38. The summed E-state index contributed by atoms with van der Waals surface area (Å²) in [4.78, 5) is 11.6. The molecule has 20 heavy (non-hydrogen) atoms. The molecule has 0 saturated heterocycles. The van der Waals surface area contributed by atoms with Crippen molar-refractivity contribution in [2.75, 3.05) is 12.8 Å². The number of esters is 1. The first-order valence-corrected chi connectivity index (χ1v) is 8.12. The summed E-state index contributed by atoms with van der Waals surface area (Å²) in [6.45, 7) is 3.44. The van der Waals surface area contributed by atoms with Crippen molar-refractivity contribution in [1.29, 1.82) is 0 Å². The van der Waals surface area contributed by atoms with Gasteiger partial charge in [-0.15, -0.1) is 0 Å². The SMILES string of the molecule is COC(=O)C(NS(=O)(=O)c1ccc(Br)c(N)c1)C(C)C. The molecule has 8 heteroatoms. The van der Waals surface area contributed by atoms with Crippen LogP contribution in [0.1, 0.15) is 13.8 Å². The number of sulfonamides is 1. The van der Waals surface area contributed by atoms with Gasteiger partial charge in [-0.05, 0) is 40.0 Å². The highest BCUT2D eigenvalue weighted by Crippen LogP contribution is 2.23. The fraction of sp³-hybridized carbons (Fsp3) is 0.417. The number of hydrogen-bond donors (Lipinski definition) is 2. The first kappa shape index (κ1) is 16.9. The van der Waals surface area contributed by atoms with Crippen molar-refractivity contribution in [3.05, 3.63) is 22.7 Å². The minimum absolute atomic E-state index is 0.00671. The molecule has 0 aliphatic heterocycles. The fourth-order valence-electron chi connectivity index (χ4n) is 1.51. The molecule has 0 heterocycles. The predicted octanol–water partition coefficient (Wildman–Crippen LogP) is 1.51. The quantitative estimate of drug-likeness (QED) is 0.609. The Bertz CT molecular complexity index is 601. The first-order chi connectivity index (χ1) is 9.19. The van der Waals surface area contributed by atoms with Gasteiger partial charge in [0, 0.05) is 10.2 Å². The smallest absolute Gasteiger partial charge is 0.324 e. The third kappa shape index (κ3) is 3.94. The van der Waals surface area contributed by atoms with Gasteiger partial charge in [-0.3, -0.25) is 4.79 Å². The van der Waals surface area contributed by atoms with E-state index in [1.807, 2.05) is 0 Å². The Morgan fingerprint density at radius 1 is 1.40 bits per heavy atom. The molecule has 1 atom stereocenters. The number of hydrogen-bond acceptors (Lipinski definition) is 5. The van der Waals surface area contributed by atoms with E-state index in [0.29, 0.717) is 10.2 Å². The maximum absolute atomic E-state index is 12.2. The molecule has 112 valence electrons. The zero-order chi connectivity index (χ0) is 15.5. The van der Waals surface area contributed by atoms with Gasteiger partial charge >= 0.3 is 5.97 Å². The molecule has 3 N–H and O–H groups in total. The van der Waals surface area contributed by atoms with Crippen LogP contribution in [0.15, 0.2) is 27.6 Å². The second-order valence-electron chi connectivity index (χ2n) is 4.55. The van der Waals surface area contributed by atoms with Gasteiger partial charge in [0.25, 0.3) is 0 Å². The molecular weight excluding hydrogens is 348 g/mol. The van der Waals surface area contributed by atoms with Gasteiger partial charge in [0.2, 0.25) is 10.0 Å². The van der Waals surface area contributed by atoms with Gasteiger partial charge in [-0.25, -0.2) is 8.42 Å². The third-order valence-electron chi connectivity index (χ3n) is 2.68. The summed E-state index contributed by atoms with van der Waals surface area (Å²) in [5, 5.41) is 0. The second-order valence-corrected chi connectivity index (χ2v) is 7.12. The van der Waals surface area contributed by atoms with E-state index in [0.717, 1.165) is 0 Å². The van der Waals surface area contributed by atoms with Gasteiger partial charge in [-0.2, -0.15) is 4.72 Å². The van der Waals surface area contributed by atoms with Crippen molar-refractivity contribution in [2.45, 2.75) is 24.8 Å². The van der Waals surface area contributed by atoms with Crippen LogP contribution in [0.2, 0.25) is 0 Å². The summed E-state index contributed by atoms with van der Waals surface area (Å²) in [5.41, 5.74) is 5.96. The van der Waals surface area contributed by atoms with E-state index < -0.39 is 22.0 Å². The minimum Gasteiger partial charge on any atom is -0.468 e. The Morgan fingerprint density at radius 2 is 2.00 bits per heavy atom. The lowest BCUT2D eigenvalue weighted by atomic mass is 10.1. The van der Waals surface area contributed by atoms with E-state index in [-0.39, 0.29) is 10.8 Å². The maximum atomic E-state index is 12.2.